The van der Waals surface area contributed by atoms with Crippen LogP contribution in [-0.4, -0.2) is 32.3 Å². The van der Waals surface area contributed by atoms with Crippen LogP contribution in [0.25, 0.3) is 0 Å². The second kappa shape index (κ2) is 7.19. The van der Waals surface area contributed by atoms with E-state index in [-0.39, 0.29) is 35.7 Å². The van der Waals surface area contributed by atoms with E-state index in [0.717, 1.165) is 16.9 Å². The molecular formula is C21H22FNO4. The first kappa shape index (κ1) is 17.8. The van der Waals surface area contributed by atoms with Crippen molar-refractivity contribution in [3.8, 4) is 11.5 Å². The summed E-state index contributed by atoms with van der Waals surface area (Å²) in [5, 5.41) is 3.04. The molecule has 3 unspecified atom stereocenters. The molecule has 2 aliphatic rings. The van der Waals surface area contributed by atoms with Crippen LogP contribution < -0.4 is 14.8 Å². The van der Waals surface area contributed by atoms with Crippen LogP contribution in [-0.2, 0) is 9.53 Å². The minimum absolute atomic E-state index is 0.0702. The lowest BCUT2D eigenvalue weighted by molar-refractivity contribution is -0.124. The van der Waals surface area contributed by atoms with Crippen LogP contribution in [0.5, 0.6) is 11.5 Å². The maximum atomic E-state index is 13.5. The highest BCUT2D eigenvalue weighted by Gasteiger charge is 2.62. The number of ether oxygens (including phenoxy) is 3. The van der Waals surface area contributed by atoms with Crippen molar-refractivity contribution < 1.29 is 23.4 Å². The first-order valence-electron chi connectivity index (χ1n) is 9.10. The van der Waals surface area contributed by atoms with Crippen LogP contribution in [0, 0.1) is 11.7 Å². The Morgan fingerprint density at radius 3 is 2.74 bits per heavy atom. The van der Waals surface area contributed by atoms with Gasteiger partial charge >= 0.3 is 0 Å². The molecule has 6 heteroatoms. The van der Waals surface area contributed by atoms with Crippen molar-refractivity contribution in [3.63, 3.8) is 0 Å². The van der Waals surface area contributed by atoms with Gasteiger partial charge in [0.25, 0.3) is 0 Å². The smallest absolute Gasteiger partial charge is 0.228 e. The first-order valence-corrected chi connectivity index (χ1v) is 9.10. The van der Waals surface area contributed by atoms with Gasteiger partial charge in [-0.25, -0.2) is 4.39 Å². The summed E-state index contributed by atoms with van der Waals surface area (Å²) in [5.74, 6) is 0.690. The molecule has 2 aromatic carbocycles. The average Bonchev–Trinajstić information content (AvgIpc) is 3.26. The van der Waals surface area contributed by atoms with Gasteiger partial charge in [-0.15, -0.1) is 0 Å². The zero-order valence-electron chi connectivity index (χ0n) is 15.3. The molecule has 1 saturated carbocycles. The number of hydrogen-bond acceptors (Lipinski definition) is 4. The highest BCUT2D eigenvalue weighted by molar-refractivity contribution is 5.86. The summed E-state index contributed by atoms with van der Waals surface area (Å²) >= 11 is 0. The Hall–Kier alpha value is -2.60. The third-order valence-corrected chi connectivity index (χ3v) is 5.09. The molecule has 0 radical (unpaired) electrons. The molecule has 2 aromatic rings. The van der Waals surface area contributed by atoms with E-state index in [4.69, 9.17) is 14.2 Å². The van der Waals surface area contributed by atoms with E-state index in [0.29, 0.717) is 19.0 Å². The van der Waals surface area contributed by atoms with Gasteiger partial charge in [-0.3, -0.25) is 4.79 Å². The number of carbonyl (C=O) groups excluding carboxylic acids is 1. The Balaban J connectivity index is 1.45. The number of benzene rings is 2. The van der Waals surface area contributed by atoms with Crippen molar-refractivity contribution in [1.82, 2.24) is 5.32 Å². The third-order valence-electron chi connectivity index (χ3n) is 5.09. The molecule has 1 amide bonds. The molecule has 0 aromatic heterocycles. The van der Waals surface area contributed by atoms with E-state index >= 15 is 0 Å². The topological polar surface area (TPSA) is 56.8 Å². The van der Waals surface area contributed by atoms with E-state index < -0.39 is 0 Å². The zero-order chi connectivity index (χ0) is 19.0. The lowest BCUT2D eigenvalue weighted by Gasteiger charge is -2.19. The fourth-order valence-corrected chi connectivity index (χ4v) is 3.77. The van der Waals surface area contributed by atoms with Gasteiger partial charge in [-0.05, 0) is 42.8 Å². The van der Waals surface area contributed by atoms with Crippen LogP contribution in [0.2, 0.25) is 0 Å². The minimum atomic E-state index is -0.310. The van der Waals surface area contributed by atoms with Crippen molar-refractivity contribution in [2.75, 3.05) is 20.3 Å². The SMILES string of the molecule is CCOc1ccc(C(COC)NC(=O)[C@H]2C3Oc4ccc(F)cc4C32)cc1. The number of hydrogen-bond donors (Lipinski definition) is 1. The standard InChI is InChI=1S/C21H22FNO4/c1-3-26-14-7-4-12(5-8-14)16(11-25-2)23-21(24)19-18-15-10-13(22)6-9-17(15)27-20(18)19/h4-10,16,18-20H,3,11H2,1-2H3,(H,23,24)/t16?,18?,19-,20?/m1/s1. The van der Waals surface area contributed by atoms with Crippen molar-refractivity contribution in [2.24, 2.45) is 5.92 Å². The molecule has 4 atom stereocenters. The summed E-state index contributed by atoms with van der Waals surface area (Å²) in [6.45, 7) is 2.89. The number of carbonyl (C=O) groups is 1. The molecule has 0 saturated heterocycles. The second-order valence-electron chi connectivity index (χ2n) is 6.83. The number of amides is 1. The Kier molecular flexibility index (Phi) is 4.74. The number of fused-ring (bicyclic) bond motifs is 3. The summed E-state index contributed by atoms with van der Waals surface area (Å²) in [7, 11) is 1.60. The lowest BCUT2D eigenvalue weighted by Crippen LogP contribution is -2.34. The summed E-state index contributed by atoms with van der Waals surface area (Å²) in [4.78, 5) is 12.8. The summed E-state index contributed by atoms with van der Waals surface area (Å²) in [6, 6.07) is 11.8. The van der Waals surface area contributed by atoms with E-state index in [2.05, 4.69) is 5.32 Å². The van der Waals surface area contributed by atoms with E-state index in [1.165, 1.54) is 12.1 Å². The predicted octanol–water partition coefficient (Wildman–Crippen LogP) is 3.20. The molecule has 1 aliphatic heterocycles. The number of halogens is 1. The van der Waals surface area contributed by atoms with Crippen molar-refractivity contribution in [3.05, 3.63) is 59.4 Å². The highest BCUT2D eigenvalue weighted by atomic mass is 19.1. The molecule has 1 aliphatic carbocycles. The van der Waals surface area contributed by atoms with E-state index in [1.807, 2.05) is 31.2 Å². The molecule has 0 bridgehead atoms. The fraction of sp³-hybridized carbons (Fsp3) is 0.381. The average molecular weight is 371 g/mol. The van der Waals surface area contributed by atoms with Gasteiger partial charge in [0.1, 0.15) is 23.4 Å². The van der Waals surface area contributed by atoms with Crippen molar-refractivity contribution >= 4 is 5.91 Å². The van der Waals surface area contributed by atoms with Crippen LogP contribution in [0.3, 0.4) is 0 Å². The van der Waals surface area contributed by atoms with E-state index in [1.54, 1.807) is 13.2 Å². The van der Waals surface area contributed by atoms with Gasteiger partial charge in [0.2, 0.25) is 5.91 Å². The number of nitrogens with one attached hydrogen (secondary N) is 1. The highest BCUT2D eigenvalue weighted by Crippen LogP contribution is 2.58. The molecule has 142 valence electrons. The summed E-state index contributed by atoms with van der Waals surface area (Å²) in [5.41, 5.74) is 1.72. The van der Waals surface area contributed by atoms with Gasteiger partial charge in [0, 0.05) is 18.6 Å². The molecular weight excluding hydrogens is 349 g/mol. The molecule has 27 heavy (non-hydrogen) atoms. The van der Waals surface area contributed by atoms with Crippen LogP contribution in [0.15, 0.2) is 42.5 Å². The third kappa shape index (κ3) is 3.37. The lowest BCUT2D eigenvalue weighted by atomic mass is 10.1. The monoisotopic (exact) mass is 371 g/mol. The van der Waals surface area contributed by atoms with Crippen molar-refractivity contribution in [2.45, 2.75) is 25.0 Å². The minimum Gasteiger partial charge on any atom is -0.494 e. The molecule has 1 fully saturated rings. The molecule has 5 nitrogen and oxygen atoms in total. The Bertz CT molecular complexity index is 839. The van der Waals surface area contributed by atoms with Crippen molar-refractivity contribution in [1.29, 1.82) is 0 Å². The van der Waals surface area contributed by atoms with Crippen LogP contribution in [0.1, 0.15) is 30.0 Å². The second-order valence-corrected chi connectivity index (χ2v) is 6.83. The largest absolute Gasteiger partial charge is 0.494 e. The van der Waals surface area contributed by atoms with Gasteiger partial charge in [-0.1, -0.05) is 12.1 Å². The quantitative estimate of drug-likeness (QED) is 0.812. The van der Waals surface area contributed by atoms with Gasteiger partial charge in [-0.2, -0.15) is 0 Å². The molecule has 1 heterocycles. The van der Waals surface area contributed by atoms with E-state index in [9.17, 15) is 9.18 Å². The molecule has 0 spiro atoms. The van der Waals surface area contributed by atoms with Crippen LogP contribution in [0.4, 0.5) is 4.39 Å². The number of rotatable bonds is 7. The van der Waals surface area contributed by atoms with Gasteiger partial charge in [0.15, 0.2) is 0 Å². The Morgan fingerprint density at radius 1 is 1.26 bits per heavy atom. The Morgan fingerprint density at radius 2 is 2.04 bits per heavy atom. The van der Waals surface area contributed by atoms with Crippen LogP contribution >= 0.6 is 0 Å². The Labute approximate surface area is 157 Å². The fourth-order valence-electron chi connectivity index (χ4n) is 3.77. The maximum Gasteiger partial charge on any atom is 0.228 e. The predicted molar refractivity (Wildman–Crippen MR) is 97.4 cm³/mol. The zero-order valence-corrected chi connectivity index (χ0v) is 15.3. The number of methoxy groups -OCH3 is 1. The van der Waals surface area contributed by atoms with Gasteiger partial charge in [0.05, 0.1) is 25.2 Å². The first-order chi connectivity index (χ1) is 13.1. The summed E-state index contributed by atoms with van der Waals surface area (Å²) < 4.78 is 30.0. The molecule has 1 N–H and O–H groups in total. The molecule has 4 rings (SSSR count). The maximum absolute atomic E-state index is 13.5. The van der Waals surface area contributed by atoms with Gasteiger partial charge < -0.3 is 19.5 Å². The summed E-state index contributed by atoms with van der Waals surface area (Å²) in [6.07, 6.45) is -0.203. The normalized spacial score (nSPS) is 23.0.